The van der Waals surface area contributed by atoms with Crippen LogP contribution < -0.4 is 10.6 Å². The Labute approximate surface area is 146 Å². The van der Waals surface area contributed by atoms with Gasteiger partial charge in [0.2, 0.25) is 0 Å². The van der Waals surface area contributed by atoms with E-state index in [0.717, 1.165) is 38.6 Å². The lowest BCUT2D eigenvalue weighted by Gasteiger charge is -2.27. The summed E-state index contributed by atoms with van der Waals surface area (Å²) in [5, 5.41) is 6.74. The van der Waals surface area contributed by atoms with Gasteiger partial charge in [0.15, 0.2) is 5.96 Å². The van der Waals surface area contributed by atoms with Gasteiger partial charge in [-0.3, -0.25) is 9.89 Å². The van der Waals surface area contributed by atoms with Crippen molar-refractivity contribution in [2.45, 2.75) is 38.8 Å². The van der Waals surface area contributed by atoms with E-state index < -0.39 is 0 Å². The molecule has 1 aliphatic rings. The SMILES string of the molecule is CN=C(NCCCOC)NCc1ccccc1CN1CCCCC1. The number of rotatable bonds is 8. The third kappa shape index (κ3) is 6.49. The van der Waals surface area contributed by atoms with Gasteiger partial charge >= 0.3 is 0 Å². The highest BCUT2D eigenvalue weighted by Crippen LogP contribution is 2.16. The van der Waals surface area contributed by atoms with Gasteiger partial charge in [0.05, 0.1) is 0 Å². The number of nitrogens with one attached hydrogen (secondary N) is 2. The minimum atomic E-state index is 0.767. The molecular weight excluding hydrogens is 300 g/mol. The van der Waals surface area contributed by atoms with Crippen LogP contribution in [0, 0.1) is 0 Å². The van der Waals surface area contributed by atoms with Gasteiger partial charge in [-0.2, -0.15) is 0 Å². The minimum absolute atomic E-state index is 0.767. The molecule has 24 heavy (non-hydrogen) atoms. The highest BCUT2D eigenvalue weighted by atomic mass is 16.5. The van der Waals surface area contributed by atoms with Crippen molar-refractivity contribution in [2.75, 3.05) is 40.4 Å². The lowest BCUT2D eigenvalue weighted by molar-refractivity contribution is 0.195. The van der Waals surface area contributed by atoms with Crippen molar-refractivity contribution in [3.05, 3.63) is 35.4 Å². The molecule has 2 rings (SSSR count). The molecule has 0 saturated carbocycles. The topological polar surface area (TPSA) is 48.9 Å². The average Bonchev–Trinajstić information content (AvgIpc) is 2.63. The van der Waals surface area contributed by atoms with E-state index in [9.17, 15) is 0 Å². The minimum Gasteiger partial charge on any atom is -0.385 e. The maximum atomic E-state index is 5.07. The summed E-state index contributed by atoms with van der Waals surface area (Å²) in [6.07, 6.45) is 5.02. The maximum Gasteiger partial charge on any atom is 0.191 e. The first kappa shape index (κ1) is 18.7. The van der Waals surface area contributed by atoms with Gasteiger partial charge in [0.1, 0.15) is 0 Å². The molecule has 1 aliphatic heterocycles. The van der Waals surface area contributed by atoms with E-state index in [1.165, 1.54) is 43.5 Å². The number of piperidine rings is 1. The van der Waals surface area contributed by atoms with E-state index in [4.69, 9.17) is 4.74 Å². The summed E-state index contributed by atoms with van der Waals surface area (Å²) in [6.45, 7) is 5.94. The zero-order valence-electron chi connectivity index (χ0n) is 15.2. The van der Waals surface area contributed by atoms with Gasteiger partial charge in [0.25, 0.3) is 0 Å². The summed E-state index contributed by atoms with van der Waals surface area (Å²) in [6, 6.07) is 8.72. The first-order chi connectivity index (χ1) is 11.8. The van der Waals surface area contributed by atoms with Crippen LogP contribution in [0.5, 0.6) is 0 Å². The third-order valence-corrected chi connectivity index (χ3v) is 4.45. The highest BCUT2D eigenvalue weighted by Gasteiger charge is 2.12. The molecule has 0 spiro atoms. The molecule has 0 aliphatic carbocycles. The van der Waals surface area contributed by atoms with Gasteiger partial charge in [0, 0.05) is 40.4 Å². The molecule has 0 unspecified atom stereocenters. The van der Waals surface area contributed by atoms with Crippen LogP contribution in [0.15, 0.2) is 29.3 Å². The highest BCUT2D eigenvalue weighted by molar-refractivity contribution is 5.79. The Morgan fingerprint density at radius 2 is 1.88 bits per heavy atom. The quantitative estimate of drug-likeness (QED) is 0.436. The second-order valence-corrected chi connectivity index (χ2v) is 6.30. The largest absolute Gasteiger partial charge is 0.385 e. The number of ether oxygens (including phenoxy) is 1. The van der Waals surface area contributed by atoms with E-state index >= 15 is 0 Å². The zero-order valence-corrected chi connectivity index (χ0v) is 15.2. The summed E-state index contributed by atoms with van der Waals surface area (Å²) in [7, 11) is 3.54. The Kier molecular flexibility index (Phi) is 8.63. The van der Waals surface area contributed by atoms with E-state index in [0.29, 0.717) is 0 Å². The molecule has 1 aromatic rings. The van der Waals surface area contributed by atoms with Gasteiger partial charge < -0.3 is 15.4 Å². The summed E-state index contributed by atoms with van der Waals surface area (Å²) in [4.78, 5) is 6.86. The van der Waals surface area contributed by atoms with E-state index in [2.05, 4.69) is 44.8 Å². The van der Waals surface area contributed by atoms with Crippen LogP contribution in [0.4, 0.5) is 0 Å². The predicted octanol–water partition coefficient (Wildman–Crippen LogP) is 2.37. The normalized spacial score (nSPS) is 16.2. The first-order valence-corrected chi connectivity index (χ1v) is 9.06. The number of hydrogen-bond donors (Lipinski definition) is 2. The van der Waals surface area contributed by atoms with Gasteiger partial charge in [-0.05, 0) is 43.5 Å². The standard InChI is InChI=1S/C19H32N4O/c1-20-19(21-11-8-14-24-2)22-15-17-9-4-5-10-18(17)16-23-12-6-3-7-13-23/h4-5,9-10H,3,6-8,11-16H2,1-2H3,(H2,20,21,22). The van der Waals surface area contributed by atoms with Crippen LogP contribution in [-0.4, -0.2) is 51.3 Å². The fourth-order valence-corrected chi connectivity index (χ4v) is 3.07. The summed E-state index contributed by atoms with van der Waals surface area (Å²) >= 11 is 0. The van der Waals surface area contributed by atoms with Crippen molar-refractivity contribution in [3.63, 3.8) is 0 Å². The van der Waals surface area contributed by atoms with Crippen molar-refractivity contribution in [1.29, 1.82) is 0 Å². The lowest BCUT2D eigenvalue weighted by atomic mass is 10.0. The Balaban J connectivity index is 1.84. The molecule has 0 bridgehead atoms. The number of hydrogen-bond acceptors (Lipinski definition) is 3. The molecule has 134 valence electrons. The molecule has 1 saturated heterocycles. The predicted molar refractivity (Wildman–Crippen MR) is 100 cm³/mol. The van der Waals surface area contributed by atoms with Crippen LogP contribution in [0.25, 0.3) is 0 Å². The van der Waals surface area contributed by atoms with Crippen molar-refractivity contribution in [2.24, 2.45) is 4.99 Å². The smallest absolute Gasteiger partial charge is 0.191 e. The van der Waals surface area contributed by atoms with Crippen LogP contribution in [0.1, 0.15) is 36.8 Å². The monoisotopic (exact) mass is 332 g/mol. The molecule has 0 atom stereocenters. The molecule has 1 heterocycles. The second-order valence-electron chi connectivity index (χ2n) is 6.30. The van der Waals surface area contributed by atoms with Crippen LogP contribution in [-0.2, 0) is 17.8 Å². The number of aliphatic imine (C=N–C) groups is 1. The average molecular weight is 332 g/mol. The summed E-state index contributed by atoms with van der Waals surface area (Å²) < 4.78 is 5.07. The first-order valence-electron chi connectivity index (χ1n) is 9.06. The molecule has 0 radical (unpaired) electrons. The number of nitrogens with zero attached hydrogens (tertiary/aromatic N) is 2. The molecule has 1 aromatic carbocycles. The molecule has 5 heteroatoms. The molecular formula is C19H32N4O. The van der Waals surface area contributed by atoms with Gasteiger partial charge in [-0.1, -0.05) is 30.7 Å². The number of methoxy groups -OCH3 is 1. The van der Waals surface area contributed by atoms with Crippen LogP contribution >= 0.6 is 0 Å². The molecule has 5 nitrogen and oxygen atoms in total. The van der Waals surface area contributed by atoms with E-state index in [1.807, 2.05) is 7.05 Å². The summed E-state index contributed by atoms with van der Waals surface area (Å²) in [5.74, 6) is 0.846. The van der Waals surface area contributed by atoms with E-state index in [1.54, 1.807) is 7.11 Å². The number of guanidine groups is 1. The third-order valence-electron chi connectivity index (χ3n) is 4.45. The Hall–Kier alpha value is -1.59. The van der Waals surface area contributed by atoms with Crippen LogP contribution in [0.3, 0.4) is 0 Å². The molecule has 2 N–H and O–H groups in total. The lowest BCUT2D eigenvalue weighted by Crippen LogP contribution is -2.38. The second kappa shape index (κ2) is 11.0. The molecule has 0 aromatic heterocycles. The zero-order chi connectivity index (χ0) is 17.0. The van der Waals surface area contributed by atoms with Crippen molar-refractivity contribution in [1.82, 2.24) is 15.5 Å². The number of likely N-dealkylation sites (tertiary alicyclic amines) is 1. The van der Waals surface area contributed by atoms with Crippen molar-refractivity contribution < 1.29 is 4.74 Å². The molecule has 0 amide bonds. The Morgan fingerprint density at radius 1 is 1.12 bits per heavy atom. The Bertz CT molecular complexity index is 498. The van der Waals surface area contributed by atoms with Gasteiger partial charge in [-0.25, -0.2) is 0 Å². The van der Waals surface area contributed by atoms with Crippen molar-refractivity contribution >= 4 is 5.96 Å². The van der Waals surface area contributed by atoms with Gasteiger partial charge in [-0.15, -0.1) is 0 Å². The maximum absolute atomic E-state index is 5.07. The van der Waals surface area contributed by atoms with Crippen molar-refractivity contribution in [3.8, 4) is 0 Å². The van der Waals surface area contributed by atoms with Crippen LogP contribution in [0.2, 0.25) is 0 Å². The fraction of sp³-hybridized carbons (Fsp3) is 0.632. The fourth-order valence-electron chi connectivity index (χ4n) is 3.07. The molecule has 1 fully saturated rings. The summed E-state index contributed by atoms with van der Waals surface area (Å²) in [5.41, 5.74) is 2.77. The Morgan fingerprint density at radius 3 is 2.58 bits per heavy atom. The van der Waals surface area contributed by atoms with E-state index in [-0.39, 0.29) is 0 Å². The number of benzene rings is 1.